The molecule has 0 aromatic rings. The van der Waals surface area contributed by atoms with Gasteiger partial charge in [-0.3, -0.25) is 4.79 Å². The van der Waals surface area contributed by atoms with Gasteiger partial charge >= 0.3 is 0 Å². The van der Waals surface area contributed by atoms with Crippen molar-refractivity contribution in [2.45, 2.75) is 39.0 Å². The van der Waals surface area contributed by atoms with Crippen LogP contribution in [-0.2, 0) is 9.53 Å². The predicted octanol–water partition coefficient (Wildman–Crippen LogP) is 2.44. The van der Waals surface area contributed by atoms with Crippen LogP contribution in [0.4, 0.5) is 0 Å². The molecule has 12 heavy (non-hydrogen) atoms. The number of rotatable bonds is 3. The average molecular weight is 168 g/mol. The van der Waals surface area contributed by atoms with Crippen LogP contribution in [0.15, 0.2) is 11.8 Å². The summed E-state index contributed by atoms with van der Waals surface area (Å²) >= 11 is 0. The van der Waals surface area contributed by atoms with Crippen molar-refractivity contribution in [1.82, 2.24) is 0 Å². The molecule has 2 heteroatoms. The second-order valence-corrected chi connectivity index (χ2v) is 3.14. The molecule has 1 rings (SSSR count). The minimum Gasteiger partial charge on any atom is -0.501 e. The number of carbonyl (C=O) groups excluding carboxylic acids is 1. The van der Waals surface area contributed by atoms with Crippen LogP contribution in [0.1, 0.15) is 39.0 Å². The van der Waals surface area contributed by atoms with Crippen LogP contribution in [0, 0.1) is 0 Å². The first-order valence-corrected chi connectivity index (χ1v) is 4.68. The molecule has 0 N–H and O–H groups in total. The van der Waals surface area contributed by atoms with Gasteiger partial charge in [0, 0.05) is 12.0 Å². The average Bonchev–Trinajstić information content (AvgIpc) is 2.09. The number of allylic oxidation sites excluding steroid dienone is 1. The summed E-state index contributed by atoms with van der Waals surface area (Å²) in [6.07, 6.45) is 6.45. The summed E-state index contributed by atoms with van der Waals surface area (Å²) in [4.78, 5) is 11.2. The first-order valence-electron chi connectivity index (χ1n) is 4.68. The molecule has 0 aliphatic heterocycles. The van der Waals surface area contributed by atoms with Crippen LogP contribution in [-0.4, -0.2) is 12.4 Å². The largest absolute Gasteiger partial charge is 0.501 e. The van der Waals surface area contributed by atoms with Crippen molar-refractivity contribution < 1.29 is 9.53 Å². The second-order valence-electron chi connectivity index (χ2n) is 3.14. The highest BCUT2D eigenvalue weighted by atomic mass is 16.5. The highest BCUT2D eigenvalue weighted by Crippen LogP contribution is 2.19. The summed E-state index contributed by atoms with van der Waals surface area (Å²) in [6.45, 7) is 2.78. The molecule has 1 saturated carbocycles. The number of hydrogen-bond donors (Lipinski definition) is 0. The number of ketones is 1. The molecule has 1 fully saturated rings. The van der Waals surface area contributed by atoms with Gasteiger partial charge in [0.2, 0.25) is 0 Å². The van der Waals surface area contributed by atoms with Gasteiger partial charge in [-0.2, -0.15) is 0 Å². The third-order valence-corrected chi connectivity index (χ3v) is 2.01. The summed E-state index contributed by atoms with van der Waals surface area (Å²) in [5.41, 5.74) is 0.884. The maximum atomic E-state index is 11.2. The van der Waals surface area contributed by atoms with Crippen molar-refractivity contribution in [3.8, 4) is 0 Å². The summed E-state index contributed by atoms with van der Waals surface area (Å²) in [7, 11) is 0. The minimum absolute atomic E-state index is 0.275. The van der Waals surface area contributed by atoms with E-state index in [1.165, 1.54) is 0 Å². The van der Waals surface area contributed by atoms with Gasteiger partial charge in [-0.15, -0.1) is 0 Å². The van der Waals surface area contributed by atoms with E-state index in [1.54, 1.807) is 6.26 Å². The molecule has 1 aliphatic carbocycles. The van der Waals surface area contributed by atoms with Crippen LogP contribution in [0.25, 0.3) is 0 Å². The van der Waals surface area contributed by atoms with Crippen molar-refractivity contribution >= 4 is 5.78 Å². The fourth-order valence-corrected chi connectivity index (χ4v) is 1.30. The SMILES string of the molecule is CCCO/C=C1/CCCCC1=O. The standard InChI is InChI=1S/C10H16O2/c1-2-7-12-8-9-5-3-4-6-10(9)11/h8H,2-7H2,1H3/b9-8-. The van der Waals surface area contributed by atoms with E-state index in [0.717, 1.165) is 37.9 Å². The maximum absolute atomic E-state index is 11.2. The molecule has 0 saturated heterocycles. The fraction of sp³-hybridized carbons (Fsp3) is 0.700. The second kappa shape index (κ2) is 4.96. The van der Waals surface area contributed by atoms with Gasteiger partial charge in [0.25, 0.3) is 0 Å². The predicted molar refractivity (Wildman–Crippen MR) is 47.8 cm³/mol. The van der Waals surface area contributed by atoms with Crippen LogP contribution in [0.5, 0.6) is 0 Å². The van der Waals surface area contributed by atoms with Crippen molar-refractivity contribution in [3.05, 3.63) is 11.8 Å². The fourth-order valence-electron chi connectivity index (χ4n) is 1.30. The Kier molecular flexibility index (Phi) is 3.85. The lowest BCUT2D eigenvalue weighted by atomic mass is 9.95. The molecule has 0 aromatic carbocycles. The maximum Gasteiger partial charge on any atom is 0.161 e. The van der Waals surface area contributed by atoms with Crippen molar-refractivity contribution in [2.24, 2.45) is 0 Å². The van der Waals surface area contributed by atoms with Gasteiger partial charge in [-0.1, -0.05) is 6.92 Å². The summed E-state index contributed by atoms with van der Waals surface area (Å²) in [5.74, 6) is 0.275. The van der Waals surface area contributed by atoms with Gasteiger partial charge in [0.1, 0.15) is 0 Å². The Morgan fingerprint density at radius 1 is 1.42 bits per heavy atom. The molecule has 0 heterocycles. The summed E-state index contributed by atoms with van der Waals surface area (Å²) < 4.78 is 5.21. The zero-order chi connectivity index (χ0) is 8.81. The van der Waals surface area contributed by atoms with E-state index in [9.17, 15) is 4.79 Å². The van der Waals surface area contributed by atoms with Crippen LogP contribution in [0.2, 0.25) is 0 Å². The van der Waals surface area contributed by atoms with Crippen LogP contribution < -0.4 is 0 Å². The Bertz CT molecular complexity index is 182. The number of carbonyl (C=O) groups is 1. The van der Waals surface area contributed by atoms with E-state index in [1.807, 2.05) is 0 Å². The summed E-state index contributed by atoms with van der Waals surface area (Å²) in [6, 6.07) is 0. The molecule has 68 valence electrons. The molecule has 1 aliphatic rings. The van der Waals surface area contributed by atoms with Crippen molar-refractivity contribution in [1.29, 1.82) is 0 Å². The highest BCUT2D eigenvalue weighted by molar-refractivity contribution is 5.95. The molecule has 0 radical (unpaired) electrons. The van der Waals surface area contributed by atoms with Gasteiger partial charge in [-0.25, -0.2) is 0 Å². The van der Waals surface area contributed by atoms with Crippen molar-refractivity contribution in [2.75, 3.05) is 6.61 Å². The highest BCUT2D eigenvalue weighted by Gasteiger charge is 2.14. The van der Waals surface area contributed by atoms with Gasteiger partial charge < -0.3 is 4.74 Å². The Morgan fingerprint density at radius 2 is 2.17 bits per heavy atom. The van der Waals surface area contributed by atoms with E-state index < -0.39 is 0 Å². The van der Waals surface area contributed by atoms with E-state index in [0.29, 0.717) is 6.42 Å². The van der Waals surface area contributed by atoms with Gasteiger partial charge in [-0.05, 0) is 25.7 Å². The number of Topliss-reactive ketones (excluding diaryl/α,β-unsaturated/α-hetero) is 1. The van der Waals surface area contributed by atoms with Gasteiger partial charge in [0.05, 0.1) is 12.9 Å². The van der Waals surface area contributed by atoms with Crippen molar-refractivity contribution in [3.63, 3.8) is 0 Å². The molecular formula is C10H16O2. The number of hydrogen-bond acceptors (Lipinski definition) is 2. The topological polar surface area (TPSA) is 26.3 Å². The molecule has 0 bridgehead atoms. The zero-order valence-electron chi connectivity index (χ0n) is 7.64. The molecule has 0 unspecified atom stereocenters. The Labute approximate surface area is 73.6 Å². The first-order chi connectivity index (χ1) is 5.84. The van der Waals surface area contributed by atoms with Gasteiger partial charge in [0.15, 0.2) is 5.78 Å². The molecular weight excluding hydrogens is 152 g/mol. The summed E-state index contributed by atoms with van der Waals surface area (Å²) in [5, 5.41) is 0. The van der Waals surface area contributed by atoms with E-state index in [2.05, 4.69) is 6.92 Å². The monoisotopic (exact) mass is 168 g/mol. The molecule has 0 aromatic heterocycles. The third-order valence-electron chi connectivity index (χ3n) is 2.01. The molecule has 2 nitrogen and oxygen atoms in total. The Morgan fingerprint density at radius 3 is 2.83 bits per heavy atom. The molecule has 0 amide bonds. The lowest BCUT2D eigenvalue weighted by molar-refractivity contribution is -0.116. The first kappa shape index (κ1) is 9.30. The van der Waals surface area contributed by atoms with Crippen LogP contribution in [0.3, 0.4) is 0 Å². The van der Waals surface area contributed by atoms with E-state index in [-0.39, 0.29) is 5.78 Å². The third kappa shape index (κ3) is 2.68. The van der Waals surface area contributed by atoms with Crippen LogP contribution >= 0.6 is 0 Å². The molecule has 0 spiro atoms. The smallest absolute Gasteiger partial charge is 0.161 e. The minimum atomic E-state index is 0.275. The quantitative estimate of drug-likeness (QED) is 0.367. The Balaban J connectivity index is 2.36. The zero-order valence-corrected chi connectivity index (χ0v) is 7.64. The Hall–Kier alpha value is -0.790. The van der Waals surface area contributed by atoms with E-state index >= 15 is 0 Å². The number of ether oxygens (including phenoxy) is 1. The van der Waals surface area contributed by atoms with E-state index in [4.69, 9.17) is 4.74 Å². The normalized spacial score (nSPS) is 21.4. The lowest BCUT2D eigenvalue weighted by Gasteiger charge is -2.11. The lowest BCUT2D eigenvalue weighted by Crippen LogP contribution is -2.08. The molecule has 0 atom stereocenters.